The van der Waals surface area contributed by atoms with Gasteiger partial charge < -0.3 is 34.3 Å². The molecular formula is C24H48N2O7. The molecule has 0 aromatic rings. The van der Waals surface area contributed by atoms with Crippen LogP contribution in [0, 0.1) is 10.8 Å². The Morgan fingerprint density at radius 3 is 1.30 bits per heavy atom. The van der Waals surface area contributed by atoms with E-state index in [1.54, 1.807) is 0 Å². The maximum Gasteiger partial charge on any atom is 0.225 e. The van der Waals surface area contributed by atoms with Gasteiger partial charge in [-0.15, -0.1) is 0 Å². The van der Waals surface area contributed by atoms with Crippen LogP contribution in [-0.2, 0) is 33.3 Å². The first-order valence-electron chi connectivity index (χ1n) is 12.0. The van der Waals surface area contributed by atoms with Crippen molar-refractivity contribution in [1.29, 1.82) is 0 Å². The van der Waals surface area contributed by atoms with Gasteiger partial charge in [0.1, 0.15) is 0 Å². The van der Waals surface area contributed by atoms with Crippen molar-refractivity contribution < 1.29 is 33.3 Å². The lowest BCUT2D eigenvalue weighted by Crippen LogP contribution is -2.36. The fourth-order valence-electron chi connectivity index (χ4n) is 2.32. The molecule has 2 amide bonds. The fourth-order valence-corrected chi connectivity index (χ4v) is 2.32. The Balaban J connectivity index is 3.21. The fraction of sp³-hybridized carbons (Fsp3) is 0.917. The van der Waals surface area contributed by atoms with Crippen molar-refractivity contribution in [3.8, 4) is 0 Å². The Kier molecular flexibility index (Phi) is 18.4. The summed E-state index contributed by atoms with van der Waals surface area (Å²) in [5, 5.41) is 5.68. The lowest BCUT2D eigenvalue weighted by Gasteiger charge is -2.17. The van der Waals surface area contributed by atoms with E-state index < -0.39 is 0 Å². The van der Waals surface area contributed by atoms with Gasteiger partial charge in [-0.1, -0.05) is 41.5 Å². The van der Waals surface area contributed by atoms with E-state index in [4.69, 9.17) is 23.7 Å². The van der Waals surface area contributed by atoms with Crippen molar-refractivity contribution in [3.05, 3.63) is 0 Å². The van der Waals surface area contributed by atoms with Crippen molar-refractivity contribution in [2.24, 2.45) is 10.8 Å². The Morgan fingerprint density at radius 1 is 0.576 bits per heavy atom. The molecule has 0 heterocycles. The van der Waals surface area contributed by atoms with Gasteiger partial charge in [-0.05, 0) is 11.8 Å². The van der Waals surface area contributed by atoms with E-state index in [0.717, 1.165) is 6.42 Å². The van der Waals surface area contributed by atoms with Crippen molar-refractivity contribution in [2.45, 2.75) is 54.4 Å². The minimum Gasteiger partial charge on any atom is -0.377 e. The zero-order valence-corrected chi connectivity index (χ0v) is 21.8. The first kappa shape index (κ1) is 31.7. The minimum atomic E-state index is -0.381. The Hall–Kier alpha value is -1.26. The molecule has 9 heteroatoms. The number of carbonyl (C=O) groups excluding carboxylic acids is 2. The van der Waals surface area contributed by atoms with E-state index in [-0.39, 0.29) is 22.6 Å². The van der Waals surface area contributed by atoms with E-state index >= 15 is 0 Å². The molecular weight excluding hydrogens is 428 g/mol. The number of nitrogens with one attached hydrogen (secondary N) is 2. The van der Waals surface area contributed by atoms with Crippen LogP contribution in [0.25, 0.3) is 0 Å². The predicted molar refractivity (Wildman–Crippen MR) is 128 cm³/mol. The van der Waals surface area contributed by atoms with Crippen molar-refractivity contribution in [3.63, 3.8) is 0 Å². The van der Waals surface area contributed by atoms with Gasteiger partial charge in [-0.25, -0.2) is 0 Å². The van der Waals surface area contributed by atoms with Gasteiger partial charge in [-0.3, -0.25) is 9.59 Å². The van der Waals surface area contributed by atoms with Gasteiger partial charge in [0.05, 0.1) is 66.1 Å². The van der Waals surface area contributed by atoms with Gasteiger partial charge in [0.2, 0.25) is 11.8 Å². The molecule has 0 rings (SSSR count). The molecule has 0 radical (unpaired) electrons. The SMILES string of the molecule is CC(C)(C)CCC(=O)NCCOCCOCCOCCOCCOCCNC(=O)C(C)(C)C. The van der Waals surface area contributed by atoms with Crippen molar-refractivity contribution in [2.75, 3.05) is 79.2 Å². The van der Waals surface area contributed by atoms with Crippen LogP contribution in [0.5, 0.6) is 0 Å². The number of rotatable bonds is 20. The summed E-state index contributed by atoms with van der Waals surface area (Å²) in [5.41, 5.74) is -0.210. The highest BCUT2D eigenvalue weighted by Gasteiger charge is 2.20. The third-order valence-corrected chi connectivity index (χ3v) is 4.37. The molecule has 2 N–H and O–H groups in total. The first-order valence-corrected chi connectivity index (χ1v) is 12.0. The van der Waals surface area contributed by atoms with Crippen molar-refractivity contribution in [1.82, 2.24) is 10.6 Å². The molecule has 0 aliphatic rings. The second-order valence-electron chi connectivity index (χ2n) is 9.98. The maximum absolute atomic E-state index is 11.7. The smallest absolute Gasteiger partial charge is 0.225 e. The molecule has 0 fully saturated rings. The molecule has 0 atom stereocenters. The van der Waals surface area contributed by atoms with Crippen molar-refractivity contribution >= 4 is 11.8 Å². The highest BCUT2D eigenvalue weighted by molar-refractivity contribution is 5.81. The molecule has 0 saturated heterocycles. The molecule has 0 saturated carbocycles. The summed E-state index contributed by atoms with van der Waals surface area (Å²) in [4.78, 5) is 23.3. The summed E-state index contributed by atoms with van der Waals surface area (Å²) in [6, 6.07) is 0. The number of ether oxygens (including phenoxy) is 5. The van der Waals surface area contributed by atoms with E-state index in [2.05, 4.69) is 31.4 Å². The lowest BCUT2D eigenvalue weighted by molar-refractivity contribution is -0.128. The van der Waals surface area contributed by atoms with Crippen LogP contribution in [0.15, 0.2) is 0 Å². The number of amides is 2. The van der Waals surface area contributed by atoms with Crippen LogP contribution in [0.1, 0.15) is 54.4 Å². The maximum atomic E-state index is 11.7. The van der Waals surface area contributed by atoms with Crippen LogP contribution in [0.3, 0.4) is 0 Å². The van der Waals surface area contributed by atoms with Crippen LogP contribution in [0.4, 0.5) is 0 Å². The zero-order valence-electron chi connectivity index (χ0n) is 21.8. The average molecular weight is 477 g/mol. The molecule has 9 nitrogen and oxygen atoms in total. The van der Waals surface area contributed by atoms with E-state index in [0.29, 0.717) is 85.6 Å². The highest BCUT2D eigenvalue weighted by Crippen LogP contribution is 2.20. The van der Waals surface area contributed by atoms with Gasteiger partial charge in [0.15, 0.2) is 0 Å². The van der Waals surface area contributed by atoms with E-state index in [1.807, 2.05) is 20.8 Å². The van der Waals surface area contributed by atoms with Gasteiger partial charge in [-0.2, -0.15) is 0 Å². The predicted octanol–water partition coefficient (Wildman–Crippen LogP) is 2.17. The molecule has 0 aliphatic carbocycles. The standard InChI is InChI=1S/C24H48N2O7/c1-23(2,3)8-7-21(27)25-9-11-29-13-15-31-17-19-33-20-18-32-16-14-30-12-10-26-22(28)24(4,5)6/h7-20H2,1-6H3,(H,25,27)(H,26,28). The van der Waals surface area contributed by atoms with Gasteiger partial charge in [0.25, 0.3) is 0 Å². The Morgan fingerprint density at radius 2 is 0.939 bits per heavy atom. The molecule has 0 aromatic heterocycles. The molecule has 0 aliphatic heterocycles. The second-order valence-corrected chi connectivity index (χ2v) is 9.98. The Bertz CT molecular complexity index is 502. The summed E-state index contributed by atoms with van der Waals surface area (Å²) >= 11 is 0. The summed E-state index contributed by atoms with van der Waals surface area (Å²) in [6.07, 6.45) is 1.42. The van der Waals surface area contributed by atoms with Crippen LogP contribution >= 0.6 is 0 Å². The van der Waals surface area contributed by atoms with Crippen LogP contribution in [0.2, 0.25) is 0 Å². The molecule has 33 heavy (non-hydrogen) atoms. The molecule has 0 bridgehead atoms. The highest BCUT2D eigenvalue weighted by atomic mass is 16.6. The monoisotopic (exact) mass is 476 g/mol. The quantitative estimate of drug-likeness (QED) is 0.260. The van der Waals surface area contributed by atoms with Gasteiger partial charge >= 0.3 is 0 Å². The third kappa shape index (κ3) is 23.7. The third-order valence-electron chi connectivity index (χ3n) is 4.37. The number of hydrogen-bond acceptors (Lipinski definition) is 7. The minimum absolute atomic E-state index is 0.0171. The average Bonchev–Trinajstić information content (AvgIpc) is 2.72. The van der Waals surface area contributed by atoms with Crippen LogP contribution < -0.4 is 10.6 Å². The molecule has 0 unspecified atom stereocenters. The zero-order chi connectivity index (χ0) is 25.0. The summed E-state index contributed by atoms with van der Waals surface area (Å²) < 4.78 is 27.1. The summed E-state index contributed by atoms with van der Waals surface area (Å²) in [7, 11) is 0. The summed E-state index contributed by atoms with van der Waals surface area (Å²) in [6.45, 7) is 17.9. The van der Waals surface area contributed by atoms with Gasteiger partial charge in [0, 0.05) is 24.9 Å². The van der Waals surface area contributed by atoms with E-state index in [1.165, 1.54) is 0 Å². The summed E-state index contributed by atoms with van der Waals surface area (Å²) in [5.74, 6) is 0.0866. The molecule has 0 spiro atoms. The largest absolute Gasteiger partial charge is 0.377 e. The molecule has 196 valence electrons. The molecule has 0 aromatic carbocycles. The number of hydrogen-bond donors (Lipinski definition) is 2. The topological polar surface area (TPSA) is 104 Å². The number of carbonyl (C=O) groups is 2. The Labute approximate surface area is 200 Å². The van der Waals surface area contributed by atoms with Crippen LogP contribution in [-0.4, -0.2) is 91.0 Å². The lowest BCUT2D eigenvalue weighted by atomic mass is 9.90. The first-order chi connectivity index (χ1) is 15.5. The second kappa shape index (κ2) is 19.1. The normalized spacial score (nSPS) is 12.1. The van der Waals surface area contributed by atoms with E-state index in [9.17, 15) is 9.59 Å².